The van der Waals surface area contributed by atoms with E-state index in [9.17, 15) is 29.1 Å². The van der Waals surface area contributed by atoms with Crippen LogP contribution in [0.15, 0.2) is 60.8 Å². The number of carbonyl (C=O) groups is 5. The second-order valence-electron chi connectivity index (χ2n) is 16.6. The minimum absolute atomic E-state index is 0.000411. The second-order valence-corrected chi connectivity index (χ2v) is 16.6. The number of allylic oxidation sites excluding steroid dienone is 1. The molecule has 0 radical (unpaired) electrons. The van der Waals surface area contributed by atoms with E-state index in [0.717, 1.165) is 34.4 Å². The number of nitrogens with zero attached hydrogens (tertiary/aromatic N) is 3. The Morgan fingerprint density at radius 3 is 2.40 bits per heavy atom. The van der Waals surface area contributed by atoms with Gasteiger partial charge in [-0.15, -0.1) is 5.10 Å². The first-order valence-electron chi connectivity index (χ1n) is 20.5. The van der Waals surface area contributed by atoms with Crippen LogP contribution in [0.3, 0.4) is 0 Å². The van der Waals surface area contributed by atoms with Crippen LogP contribution in [0.2, 0.25) is 0 Å². The lowest BCUT2D eigenvalue weighted by molar-refractivity contribution is -0.171. The van der Waals surface area contributed by atoms with Gasteiger partial charge in [-0.3, -0.25) is 19.2 Å². The molecule has 60 heavy (non-hydrogen) atoms. The van der Waals surface area contributed by atoms with E-state index in [1.807, 2.05) is 39.1 Å². The quantitative estimate of drug-likeness (QED) is 0.0586. The van der Waals surface area contributed by atoms with Gasteiger partial charge in [0.2, 0.25) is 11.8 Å². The number of aliphatic carboxylic acids is 1. The fourth-order valence-electron chi connectivity index (χ4n) is 6.74. The van der Waals surface area contributed by atoms with Crippen LogP contribution < -0.4 is 15.4 Å². The molecule has 1 fully saturated rings. The molecule has 1 aromatic heterocycles. The Balaban J connectivity index is 1.27. The summed E-state index contributed by atoms with van der Waals surface area (Å²) in [5.74, 6) is -2.23. The zero-order chi connectivity index (χ0) is 44.0. The number of methoxy groups -OCH3 is 2. The van der Waals surface area contributed by atoms with Gasteiger partial charge in [0.05, 0.1) is 38.0 Å². The van der Waals surface area contributed by atoms with Gasteiger partial charge in [-0.05, 0) is 99.1 Å². The Hall–Kier alpha value is -5.57. The molecule has 2 aromatic carbocycles. The van der Waals surface area contributed by atoms with Gasteiger partial charge in [0.1, 0.15) is 17.9 Å². The van der Waals surface area contributed by atoms with Gasteiger partial charge in [0.25, 0.3) is 0 Å². The lowest BCUT2D eigenvalue weighted by Gasteiger charge is -2.27. The number of carbonyl (C=O) groups excluding carboxylic acids is 4. The Morgan fingerprint density at radius 2 is 1.75 bits per heavy atom. The van der Waals surface area contributed by atoms with Gasteiger partial charge in [-0.25, -0.2) is 9.48 Å². The number of rotatable bonds is 24. The van der Waals surface area contributed by atoms with Crippen molar-refractivity contribution in [1.82, 2.24) is 25.6 Å². The van der Waals surface area contributed by atoms with E-state index in [1.54, 1.807) is 37.8 Å². The number of benzene rings is 2. The maximum absolute atomic E-state index is 13.6. The molecule has 1 saturated heterocycles. The summed E-state index contributed by atoms with van der Waals surface area (Å²) in [5.41, 5.74) is 3.43. The second kappa shape index (κ2) is 22.2. The first-order chi connectivity index (χ1) is 28.5. The molecule has 0 saturated carbocycles. The highest BCUT2D eigenvalue weighted by Gasteiger charge is 2.43. The topological polar surface area (TPSA) is 201 Å². The normalized spacial score (nSPS) is 16.5. The predicted octanol–water partition coefficient (Wildman–Crippen LogP) is 5.46. The van der Waals surface area contributed by atoms with Crippen LogP contribution in [0.5, 0.6) is 5.75 Å². The van der Waals surface area contributed by atoms with Gasteiger partial charge >= 0.3 is 17.9 Å². The molecular formula is C45H61N5O10. The Morgan fingerprint density at radius 1 is 1.03 bits per heavy atom. The SMILES string of the molecule is COC(=O)CCCc1cn(Cc2ccc(C3OC3[C@@H](C)CC/C=C/C(=O)N[C@H](Cc3ccc(OC)c(C)c3)C(=O)NCC(C)(C)C(=O)O[C@@H](CC(C)C)C(=O)O)cc2)nn1. The van der Waals surface area contributed by atoms with Crippen molar-refractivity contribution < 1.29 is 48.0 Å². The Kier molecular flexibility index (Phi) is 17.4. The van der Waals surface area contributed by atoms with Crippen molar-refractivity contribution in [3.63, 3.8) is 0 Å². The van der Waals surface area contributed by atoms with Crippen LogP contribution in [0.4, 0.5) is 0 Å². The zero-order valence-electron chi connectivity index (χ0n) is 36.1. The average Bonchev–Trinajstić information content (AvgIpc) is 3.89. The van der Waals surface area contributed by atoms with Gasteiger partial charge in [-0.2, -0.15) is 0 Å². The molecule has 1 aliphatic heterocycles. The molecule has 0 spiro atoms. The van der Waals surface area contributed by atoms with E-state index < -0.39 is 41.3 Å². The molecule has 5 atom stereocenters. The monoisotopic (exact) mass is 831 g/mol. The fraction of sp³-hybridized carbons (Fsp3) is 0.533. The van der Waals surface area contributed by atoms with E-state index in [0.29, 0.717) is 38.0 Å². The number of nitrogens with one attached hydrogen (secondary N) is 2. The first-order valence-corrected chi connectivity index (χ1v) is 20.5. The van der Waals surface area contributed by atoms with Crippen molar-refractivity contribution in [2.75, 3.05) is 20.8 Å². The molecule has 2 amide bonds. The van der Waals surface area contributed by atoms with Gasteiger partial charge in [-0.1, -0.05) is 68.5 Å². The standard InChI is InChI=1S/C45H61N5O10/c1-28(2)22-37(43(54)55)59-44(56)45(5,6)27-46-42(53)35(24-32-18-21-36(57-7)30(4)23-32)47-38(51)14-10-9-12-29(3)40-41(60-40)33-19-16-31(17-20-33)25-50-26-34(48-49-50)13-11-15-39(52)58-8/h10,14,16-21,23,26,28-29,35,37,40-41H,9,11-13,15,22,24-25,27H2,1-8H3,(H,46,53)(H,47,51)(H,54,55)/b14-10+/t29-,35+,37-,40?,41?/m0/s1. The maximum atomic E-state index is 13.6. The fourth-order valence-corrected chi connectivity index (χ4v) is 6.74. The molecule has 15 heteroatoms. The largest absolute Gasteiger partial charge is 0.496 e. The summed E-state index contributed by atoms with van der Waals surface area (Å²) in [6.45, 7) is 11.3. The number of aromatic nitrogens is 3. The Labute approximate surface area is 352 Å². The predicted molar refractivity (Wildman–Crippen MR) is 223 cm³/mol. The van der Waals surface area contributed by atoms with Crippen LogP contribution in [-0.2, 0) is 57.6 Å². The number of hydrogen-bond acceptors (Lipinski definition) is 11. The first kappa shape index (κ1) is 47.1. The third kappa shape index (κ3) is 14.6. The highest BCUT2D eigenvalue weighted by atomic mass is 16.6. The van der Waals surface area contributed by atoms with E-state index in [4.69, 9.17) is 14.2 Å². The molecule has 3 N–H and O–H groups in total. The minimum Gasteiger partial charge on any atom is -0.496 e. The molecule has 0 bridgehead atoms. The molecule has 3 aromatic rings. The van der Waals surface area contributed by atoms with Crippen molar-refractivity contribution in [3.05, 3.63) is 88.8 Å². The number of aryl methyl sites for hydroxylation is 2. The van der Waals surface area contributed by atoms with Crippen LogP contribution >= 0.6 is 0 Å². The molecule has 0 aliphatic carbocycles. The zero-order valence-corrected chi connectivity index (χ0v) is 36.1. The number of carboxylic acids is 1. The molecule has 1 aliphatic rings. The number of ether oxygens (including phenoxy) is 4. The van der Waals surface area contributed by atoms with Crippen LogP contribution in [0.1, 0.15) is 101 Å². The van der Waals surface area contributed by atoms with Crippen molar-refractivity contribution in [1.29, 1.82) is 0 Å². The van der Waals surface area contributed by atoms with E-state index in [-0.39, 0.29) is 49.4 Å². The summed E-state index contributed by atoms with van der Waals surface area (Å²) in [7, 11) is 2.96. The van der Waals surface area contributed by atoms with E-state index in [1.165, 1.54) is 13.2 Å². The highest BCUT2D eigenvalue weighted by Crippen LogP contribution is 2.44. The van der Waals surface area contributed by atoms with E-state index in [2.05, 4.69) is 56.9 Å². The van der Waals surface area contributed by atoms with Crippen molar-refractivity contribution in [3.8, 4) is 5.75 Å². The third-order valence-corrected chi connectivity index (χ3v) is 10.4. The molecule has 326 valence electrons. The van der Waals surface area contributed by atoms with Gasteiger partial charge in [0.15, 0.2) is 6.10 Å². The summed E-state index contributed by atoms with van der Waals surface area (Å²) in [4.78, 5) is 62.8. The number of esters is 2. The molecular weight excluding hydrogens is 771 g/mol. The minimum atomic E-state index is -1.30. The van der Waals surface area contributed by atoms with Crippen LogP contribution in [-0.4, -0.2) is 88.8 Å². The summed E-state index contributed by atoms with van der Waals surface area (Å²) in [6.07, 6.45) is 7.28. The number of amides is 2. The number of carboxylic acid groups (broad SMARTS) is 1. The van der Waals surface area contributed by atoms with E-state index >= 15 is 0 Å². The number of epoxide rings is 1. The third-order valence-electron chi connectivity index (χ3n) is 10.4. The van der Waals surface area contributed by atoms with Crippen molar-refractivity contribution >= 4 is 29.7 Å². The van der Waals surface area contributed by atoms with Crippen molar-refractivity contribution in [2.45, 2.75) is 117 Å². The lowest BCUT2D eigenvalue weighted by Crippen LogP contribution is -2.51. The molecule has 15 nitrogen and oxygen atoms in total. The maximum Gasteiger partial charge on any atom is 0.345 e. The average molecular weight is 832 g/mol. The summed E-state index contributed by atoms with van der Waals surface area (Å²) in [5, 5.41) is 23.6. The smallest absolute Gasteiger partial charge is 0.345 e. The molecule has 2 unspecified atom stereocenters. The van der Waals surface area contributed by atoms with Crippen LogP contribution in [0.25, 0.3) is 0 Å². The summed E-state index contributed by atoms with van der Waals surface area (Å²) in [6, 6.07) is 12.8. The van der Waals surface area contributed by atoms with Gasteiger partial charge in [0, 0.05) is 25.6 Å². The number of hydrogen-bond donors (Lipinski definition) is 3. The Bertz CT molecular complexity index is 1960. The summed E-state index contributed by atoms with van der Waals surface area (Å²) >= 11 is 0. The molecule has 4 rings (SSSR count). The van der Waals surface area contributed by atoms with Crippen LogP contribution in [0, 0.1) is 24.2 Å². The van der Waals surface area contributed by atoms with Crippen molar-refractivity contribution in [2.24, 2.45) is 17.3 Å². The highest BCUT2D eigenvalue weighted by molar-refractivity contribution is 5.93. The molecule has 2 heterocycles. The van der Waals surface area contributed by atoms with Gasteiger partial charge < -0.3 is 34.7 Å². The summed E-state index contributed by atoms with van der Waals surface area (Å²) < 4.78 is 23.2. The lowest BCUT2D eigenvalue weighted by atomic mass is 9.93.